The van der Waals surface area contributed by atoms with Crippen LogP contribution in [0.4, 0.5) is 0 Å². The Kier molecular flexibility index (Phi) is 4.69. The first-order valence-corrected chi connectivity index (χ1v) is 7.83. The number of carbonyl (C=O) groups is 1. The highest BCUT2D eigenvalue weighted by Crippen LogP contribution is 2.19. The van der Waals surface area contributed by atoms with Crippen molar-refractivity contribution in [2.75, 3.05) is 7.05 Å². The summed E-state index contributed by atoms with van der Waals surface area (Å²) in [7, 11) is 1.72. The van der Waals surface area contributed by atoms with Crippen LogP contribution in [0.5, 0.6) is 0 Å². The van der Waals surface area contributed by atoms with E-state index in [0.29, 0.717) is 17.3 Å². The standard InChI is InChI=1S/C17H19N5O2/c1-3-5-15-20-16(24-21-15)11-22(2)17(23)13-7-4-6-12(8-13)14-9-18-19-10-14/h4,6-10H,3,5,11H2,1-2H3,(H,18,19). The van der Waals surface area contributed by atoms with Crippen LogP contribution in [-0.2, 0) is 13.0 Å². The highest BCUT2D eigenvalue weighted by molar-refractivity contribution is 5.95. The summed E-state index contributed by atoms with van der Waals surface area (Å²) in [6.45, 7) is 2.34. The second-order valence-electron chi connectivity index (χ2n) is 5.58. The number of rotatable bonds is 6. The SMILES string of the molecule is CCCc1noc(CN(C)C(=O)c2cccc(-c3cn[nH]c3)c2)n1. The quantitative estimate of drug-likeness (QED) is 0.753. The summed E-state index contributed by atoms with van der Waals surface area (Å²) in [6, 6.07) is 7.44. The van der Waals surface area contributed by atoms with E-state index in [-0.39, 0.29) is 12.5 Å². The molecular formula is C17H19N5O2. The van der Waals surface area contributed by atoms with Gasteiger partial charge in [-0.3, -0.25) is 9.89 Å². The molecule has 2 heterocycles. The van der Waals surface area contributed by atoms with Crippen molar-refractivity contribution < 1.29 is 9.32 Å². The number of aryl methyl sites for hydroxylation is 1. The van der Waals surface area contributed by atoms with Gasteiger partial charge in [0.2, 0.25) is 5.89 Å². The molecule has 1 amide bonds. The number of nitrogens with zero attached hydrogens (tertiary/aromatic N) is 4. The van der Waals surface area contributed by atoms with Gasteiger partial charge in [0.25, 0.3) is 5.91 Å². The van der Waals surface area contributed by atoms with E-state index in [9.17, 15) is 4.79 Å². The van der Waals surface area contributed by atoms with Crippen molar-refractivity contribution in [2.24, 2.45) is 0 Å². The molecule has 3 rings (SSSR count). The van der Waals surface area contributed by atoms with Crippen molar-refractivity contribution in [3.63, 3.8) is 0 Å². The largest absolute Gasteiger partial charge is 0.337 e. The van der Waals surface area contributed by atoms with Gasteiger partial charge in [-0.05, 0) is 24.1 Å². The lowest BCUT2D eigenvalue weighted by Gasteiger charge is -2.15. The fraction of sp³-hybridized carbons (Fsp3) is 0.294. The van der Waals surface area contributed by atoms with Crippen molar-refractivity contribution in [1.29, 1.82) is 0 Å². The van der Waals surface area contributed by atoms with Crippen LogP contribution in [0.15, 0.2) is 41.2 Å². The van der Waals surface area contributed by atoms with Gasteiger partial charge in [0, 0.05) is 30.8 Å². The fourth-order valence-corrected chi connectivity index (χ4v) is 2.42. The van der Waals surface area contributed by atoms with Crippen molar-refractivity contribution in [3.05, 3.63) is 53.9 Å². The van der Waals surface area contributed by atoms with Crippen LogP contribution in [-0.4, -0.2) is 38.2 Å². The number of H-pyrrole nitrogens is 1. The van der Waals surface area contributed by atoms with Crippen molar-refractivity contribution in [3.8, 4) is 11.1 Å². The summed E-state index contributed by atoms with van der Waals surface area (Å²) in [5, 5.41) is 10.6. The van der Waals surface area contributed by atoms with Crippen LogP contribution in [0, 0.1) is 0 Å². The van der Waals surface area contributed by atoms with Gasteiger partial charge in [0.1, 0.15) is 0 Å². The van der Waals surface area contributed by atoms with E-state index in [1.165, 1.54) is 0 Å². The first-order valence-electron chi connectivity index (χ1n) is 7.83. The molecule has 24 heavy (non-hydrogen) atoms. The second-order valence-corrected chi connectivity index (χ2v) is 5.58. The third-order valence-corrected chi connectivity index (χ3v) is 3.64. The molecular weight excluding hydrogens is 306 g/mol. The number of aromatic nitrogens is 4. The van der Waals surface area contributed by atoms with Crippen LogP contribution in [0.3, 0.4) is 0 Å². The molecule has 1 N–H and O–H groups in total. The normalized spacial score (nSPS) is 10.8. The van der Waals surface area contributed by atoms with E-state index in [1.807, 2.05) is 18.2 Å². The molecule has 3 aromatic rings. The van der Waals surface area contributed by atoms with Crippen molar-refractivity contribution in [2.45, 2.75) is 26.3 Å². The molecule has 0 bridgehead atoms. The number of benzene rings is 1. The molecule has 0 unspecified atom stereocenters. The van der Waals surface area contributed by atoms with E-state index in [4.69, 9.17) is 4.52 Å². The summed E-state index contributed by atoms with van der Waals surface area (Å²) in [4.78, 5) is 18.5. The molecule has 124 valence electrons. The predicted octanol–water partition coefficient (Wildman–Crippen LogP) is 2.68. The molecule has 0 radical (unpaired) electrons. The fourth-order valence-electron chi connectivity index (χ4n) is 2.42. The minimum absolute atomic E-state index is 0.101. The van der Waals surface area contributed by atoms with Crippen LogP contribution in [0.25, 0.3) is 11.1 Å². The molecule has 7 nitrogen and oxygen atoms in total. The molecule has 0 spiro atoms. The maximum Gasteiger partial charge on any atom is 0.254 e. The zero-order valence-electron chi connectivity index (χ0n) is 13.7. The van der Waals surface area contributed by atoms with Crippen LogP contribution < -0.4 is 0 Å². The van der Waals surface area contributed by atoms with Gasteiger partial charge >= 0.3 is 0 Å². The third kappa shape index (κ3) is 3.51. The lowest BCUT2D eigenvalue weighted by Crippen LogP contribution is -2.26. The van der Waals surface area contributed by atoms with E-state index >= 15 is 0 Å². The first-order chi connectivity index (χ1) is 11.7. The first kappa shape index (κ1) is 15.9. The molecule has 7 heteroatoms. The van der Waals surface area contributed by atoms with Gasteiger partial charge in [0.15, 0.2) is 5.82 Å². The van der Waals surface area contributed by atoms with Gasteiger partial charge in [-0.2, -0.15) is 10.1 Å². The maximum absolute atomic E-state index is 12.6. The highest BCUT2D eigenvalue weighted by atomic mass is 16.5. The van der Waals surface area contributed by atoms with Gasteiger partial charge in [-0.1, -0.05) is 24.2 Å². The Balaban J connectivity index is 1.72. The second kappa shape index (κ2) is 7.08. The lowest BCUT2D eigenvalue weighted by molar-refractivity contribution is 0.0769. The number of hydrogen-bond acceptors (Lipinski definition) is 5. The molecule has 0 aliphatic rings. The Bertz CT molecular complexity index is 810. The van der Waals surface area contributed by atoms with Crippen molar-refractivity contribution in [1.82, 2.24) is 25.2 Å². The number of aromatic amines is 1. The highest BCUT2D eigenvalue weighted by Gasteiger charge is 2.16. The molecule has 1 aromatic carbocycles. The van der Waals surface area contributed by atoms with Gasteiger partial charge in [-0.15, -0.1) is 0 Å². The Hall–Kier alpha value is -2.96. The minimum Gasteiger partial charge on any atom is -0.337 e. The summed E-state index contributed by atoms with van der Waals surface area (Å²) < 4.78 is 5.19. The third-order valence-electron chi connectivity index (χ3n) is 3.64. The number of amides is 1. The van der Waals surface area contributed by atoms with E-state index in [2.05, 4.69) is 27.3 Å². The summed E-state index contributed by atoms with van der Waals surface area (Å²) in [5.74, 6) is 1.02. The zero-order chi connectivity index (χ0) is 16.9. The molecule has 0 saturated carbocycles. The zero-order valence-corrected chi connectivity index (χ0v) is 13.7. The van der Waals surface area contributed by atoms with Crippen LogP contribution >= 0.6 is 0 Å². The van der Waals surface area contributed by atoms with Crippen LogP contribution in [0.1, 0.15) is 35.4 Å². The number of hydrogen-bond donors (Lipinski definition) is 1. The Labute approximate surface area is 139 Å². The Morgan fingerprint density at radius 2 is 2.21 bits per heavy atom. The smallest absolute Gasteiger partial charge is 0.254 e. The molecule has 0 atom stereocenters. The average Bonchev–Trinajstić information content (AvgIpc) is 3.27. The number of nitrogens with one attached hydrogen (secondary N) is 1. The molecule has 0 aliphatic heterocycles. The topological polar surface area (TPSA) is 87.9 Å². The van der Waals surface area contributed by atoms with Gasteiger partial charge in [-0.25, -0.2) is 0 Å². The lowest BCUT2D eigenvalue weighted by atomic mass is 10.1. The molecule has 0 fully saturated rings. The summed E-state index contributed by atoms with van der Waals surface area (Å²) >= 11 is 0. The summed E-state index contributed by atoms with van der Waals surface area (Å²) in [5.41, 5.74) is 2.48. The van der Waals surface area contributed by atoms with Crippen LogP contribution in [0.2, 0.25) is 0 Å². The van der Waals surface area contributed by atoms with E-state index in [1.54, 1.807) is 30.4 Å². The molecule has 0 aliphatic carbocycles. The summed E-state index contributed by atoms with van der Waals surface area (Å²) in [6.07, 6.45) is 5.24. The Morgan fingerprint density at radius 1 is 1.33 bits per heavy atom. The minimum atomic E-state index is -0.101. The van der Waals surface area contributed by atoms with Gasteiger partial charge < -0.3 is 9.42 Å². The maximum atomic E-state index is 12.6. The van der Waals surface area contributed by atoms with Gasteiger partial charge in [0.05, 0.1) is 12.7 Å². The Morgan fingerprint density at radius 3 is 2.96 bits per heavy atom. The monoisotopic (exact) mass is 325 g/mol. The molecule has 2 aromatic heterocycles. The van der Waals surface area contributed by atoms with Crippen molar-refractivity contribution >= 4 is 5.91 Å². The van der Waals surface area contributed by atoms with E-state index < -0.39 is 0 Å². The van der Waals surface area contributed by atoms with E-state index in [0.717, 1.165) is 24.0 Å². The predicted molar refractivity (Wildman–Crippen MR) is 88.1 cm³/mol. The number of carbonyl (C=O) groups excluding carboxylic acids is 1. The average molecular weight is 325 g/mol. The molecule has 0 saturated heterocycles.